The summed E-state index contributed by atoms with van der Waals surface area (Å²) in [6, 6.07) is 16.7. The summed E-state index contributed by atoms with van der Waals surface area (Å²) in [6.45, 7) is 2.08. The van der Waals surface area contributed by atoms with Gasteiger partial charge in [-0.15, -0.1) is 0 Å². The highest BCUT2D eigenvalue weighted by atomic mass is 16.2. The maximum absolute atomic E-state index is 12.5. The molecule has 3 aromatic rings. The lowest BCUT2D eigenvalue weighted by Crippen LogP contribution is -2.16. The molecule has 2 N–H and O–H groups in total. The molecule has 2 amide bonds. The Hall–Kier alpha value is -3.67. The number of hydrogen-bond donors (Lipinski definition) is 2. The molecule has 0 bridgehead atoms. The van der Waals surface area contributed by atoms with Gasteiger partial charge in [0.15, 0.2) is 0 Å². The van der Waals surface area contributed by atoms with E-state index < -0.39 is 0 Å². The fourth-order valence-electron chi connectivity index (χ4n) is 2.76. The lowest BCUT2D eigenvalue weighted by molar-refractivity contribution is 0.102. The van der Waals surface area contributed by atoms with E-state index in [-0.39, 0.29) is 11.8 Å². The second-order valence-corrected chi connectivity index (χ2v) is 6.86. The first-order valence-corrected chi connectivity index (χ1v) is 9.40. The van der Waals surface area contributed by atoms with E-state index >= 15 is 0 Å². The summed E-state index contributed by atoms with van der Waals surface area (Å²) >= 11 is 0. The van der Waals surface area contributed by atoms with Gasteiger partial charge in [0, 0.05) is 43.6 Å². The van der Waals surface area contributed by atoms with Crippen molar-refractivity contribution in [2.45, 2.75) is 13.3 Å². The number of carbonyl (C=O) groups excluding carboxylic acids is 2. The van der Waals surface area contributed by atoms with Crippen LogP contribution in [0.5, 0.6) is 0 Å². The Morgan fingerprint density at radius 1 is 0.828 bits per heavy atom. The van der Waals surface area contributed by atoms with Gasteiger partial charge in [-0.05, 0) is 54.4 Å². The largest absolute Gasteiger partial charge is 0.378 e. The number of nitrogens with zero attached hydrogens (tertiary/aromatic N) is 2. The lowest BCUT2D eigenvalue weighted by Gasteiger charge is -2.13. The average Bonchev–Trinajstić information content (AvgIpc) is 2.74. The van der Waals surface area contributed by atoms with Gasteiger partial charge >= 0.3 is 0 Å². The van der Waals surface area contributed by atoms with E-state index in [9.17, 15) is 9.59 Å². The van der Waals surface area contributed by atoms with Crippen LogP contribution in [0.2, 0.25) is 0 Å². The first-order chi connectivity index (χ1) is 14.0. The van der Waals surface area contributed by atoms with E-state index in [1.165, 1.54) is 24.0 Å². The van der Waals surface area contributed by atoms with Crippen LogP contribution in [0.15, 0.2) is 67.0 Å². The predicted molar refractivity (Wildman–Crippen MR) is 117 cm³/mol. The fourth-order valence-corrected chi connectivity index (χ4v) is 2.76. The maximum atomic E-state index is 12.5. The fraction of sp³-hybridized carbons (Fsp3) is 0.174. The first kappa shape index (κ1) is 20.1. The molecule has 0 spiro atoms. The van der Waals surface area contributed by atoms with Crippen molar-refractivity contribution in [2.24, 2.45) is 0 Å². The summed E-state index contributed by atoms with van der Waals surface area (Å²) in [4.78, 5) is 31.1. The molecule has 148 valence electrons. The minimum atomic E-state index is -0.322. The number of anilines is 3. The zero-order valence-corrected chi connectivity index (χ0v) is 16.8. The molecule has 1 aromatic heterocycles. The van der Waals surface area contributed by atoms with Gasteiger partial charge in [0.2, 0.25) is 0 Å². The molecule has 6 nitrogen and oxygen atoms in total. The normalized spacial score (nSPS) is 10.3. The number of amides is 2. The van der Waals surface area contributed by atoms with Crippen molar-refractivity contribution >= 4 is 28.9 Å². The van der Waals surface area contributed by atoms with Crippen LogP contribution in [-0.2, 0) is 6.42 Å². The van der Waals surface area contributed by atoms with Crippen LogP contribution in [-0.4, -0.2) is 30.9 Å². The van der Waals surface area contributed by atoms with Gasteiger partial charge in [-0.25, -0.2) is 0 Å². The quantitative estimate of drug-likeness (QED) is 0.663. The number of aromatic nitrogens is 1. The minimum absolute atomic E-state index is 0.313. The van der Waals surface area contributed by atoms with E-state index in [0.717, 1.165) is 12.1 Å². The van der Waals surface area contributed by atoms with E-state index in [4.69, 9.17) is 0 Å². The maximum Gasteiger partial charge on any atom is 0.257 e. The molecule has 0 aliphatic heterocycles. The van der Waals surface area contributed by atoms with Crippen molar-refractivity contribution in [3.8, 4) is 0 Å². The second-order valence-electron chi connectivity index (χ2n) is 6.86. The highest BCUT2D eigenvalue weighted by Gasteiger charge is 2.12. The number of carbonyl (C=O) groups is 2. The van der Waals surface area contributed by atoms with Crippen molar-refractivity contribution in [3.63, 3.8) is 0 Å². The van der Waals surface area contributed by atoms with Crippen molar-refractivity contribution in [2.75, 3.05) is 29.6 Å². The molecular formula is C23H24N4O2. The molecule has 0 atom stereocenters. The molecule has 3 rings (SSSR count). The third kappa shape index (κ3) is 5.19. The molecule has 0 aliphatic carbocycles. The first-order valence-electron chi connectivity index (χ1n) is 9.40. The highest BCUT2D eigenvalue weighted by Crippen LogP contribution is 2.17. The van der Waals surface area contributed by atoms with E-state index in [1.807, 2.05) is 67.5 Å². The Bertz CT molecular complexity index is 996. The van der Waals surface area contributed by atoms with Gasteiger partial charge in [0.05, 0.1) is 11.1 Å². The monoisotopic (exact) mass is 388 g/mol. The highest BCUT2D eigenvalue weighted by molar-refractivity contribution is 6.08. The molecule has 1 heterocycles. The van der Waals surface area contributed by atoms with Crippen LogP contribution < -0.4 is 15.5 Å². The zero-order chi connectivity index (χ0) is 20.8. The Balaban J connectivity index is 1.68. The van der Waals surface area contributed by atoms with Crippen LogP contribution in [0, 0.1) is 0 Å². The zero-order valence-electron chi connectivity index (χ0n) is 16.8. The van der Waals surface area contributed by atoms with Crippen LogP contribution in [0.25, 0.3) is 0 Å². The molecular weight excluding hydrogens is 364 g/mol. The van der Waals surface area contributed by atoms with Gasteiger partial charge in [0.25, 0.3) is 11.8 Å². The number of pyridine rings is 1. The van der Waals surface area contributed by atoms with Crippen LogP contribution in [0.1, 0.15) is 33.2 Å². The van der Waals surface area contributed by atoms with Crippen molar-refractivity contribution < 1.29 is 9.59 Å². The third-order valence-corrected chi connectivity index (χ3v) is 4.52. The number of nitrogens with one attached hydrogen (secondary N) is 2. The Labute approximate surface area is 170 Å². The Morgan fingerprint density at radius 2 is 1.31 bits per heavy atom. The summed E-state index contributed by atoms with van der Waals surface area (Å²) in [6.07, 6.45) is 3.82. The Kier molecular flexibility index (Phi) is 6.24. The molecule has 6 heteroatoms. The van der Waals surface area contributed by atoms with Gasteiger partial charge in [-0.1, -0.05) is 19.1 Å². The molecule has 2 aromatic carbocycles. The molecule has 0 saturated carbocycles. The van der Waals surface area contributed by atoms with Crippen LogP contribution >= 0.6 is 0 Å². The Morgan fingerprint density at radius 3 is 1.76 bits per heavy atom. The van der Waals surface area contributed by atoms with E-state index in [2.05, 4.69) is 22.5 Å². The summed E-state index contributed by atoms with van der Waals surface area (Å²) < 4.78 is 0. The standard InChI is InChI=1S/C23H24N4O2/c1-4-16-5-7-19(8-6-16)25-22(28)17-13-18(15-24-14-17)23(29)26-20-9-11-21(12-10-20)27(2)3/h5-15H,4H2,1-3H3,(H,25,28)(H,26,29). The topological polar surface area (TPSA) is 74.3 Å². The average molecular weight is 388 g/mol. The molecule has 0 fully saturated rings. The van der Waals surface area contributed by atoms with Crippen molar-refractivity contribution in [3.05, 3.63) is 83.7 Å². The number of rotatable bonds is 6. The van der Waals surface area contributed by atoms with E-state index in [0.29, 0.717) is 22.5 Å². The van der Waals surface area contributed by atoms with Gasteiger partial charge in [-0.3, -0.25) is 14.6 Å². The number of aryl methyl sites for hydroxylation is 1. The SMILES string of the molecule is CCc1ccc(NC(=O)c2cncc(C(=O)Nc3ccc(N(C)C)cc3)c2)cc1. The van der Waals surface area contributed by atoms with Crippen molar-refractivity contribution in [1.82, 2.24) is 4.98 Å². The number of benzene rings is 2. The third-order valence-electron chi connectivity index (χ3n) is 4.52. The van der Waals surface area contributed by atoms with E-state index in [1.54, 1.807) is 0 Å². The molecule has 0 radical (unpaired) electrons. The van der Waals surface area contributed by atoms with Crippen molar-refractivity contribution in [1.29, 1.82) is 0 Å². The van der Waals surface area contributed by atoms with Gasteiger partial charge < -0.3 is 15.5 Å². The van der Waals surface area contributed by atoms with Gasteiger partial charge in [-0.2, -0.15) is 0 Å². The lowest BCUT2D eigenvalue weighted by atomic mass is 10.1. The molecule has 0 saturated heterocycles. The minimum Gasteiger partial charge on any atom is -0.378 e. The number of hydrogen-bond acceptors (Lipinski definition) is 4. The predicted octanol–water partition coefficient (Wildman–Crippen LogP) is 4.21. The summed E-state index contributed by atoms with van der Waals surface area (Å²) in [5.74, 6) is -0.635. The smallest absolute Gasteiger partial charge is 0.257 e. The molecule has 0 aliphatic rings. The summed E-state index contributed by atoms with van der Waals surface area (Å²) in [7, 11) is 3.90. The molecule has 29 heavy (non-hydrogen) atoms. The van der Waals surface area contributed by atoms with Gasteiger partial charge in [0.1, 0.15) is 0 Å². The van der Waals surface area contributed by atoms with Crippen LogP contribution in [0.4, 0.5) is 17.1 Å². The second kappa shape index (κ2) is 9.01. The summed E-state index contributed by atoms with van der Waals surface area (Å²) in [5, 5.41) is 5.65. The summed E-state index contributed by atoms with van der Waals surface area (Å²) in [5.41, 5.74) is 4.24. The molecule has 0 unspecified atom stereocenters. The van der Waals surface area contributed by atoms with Crippen LogP contribution in [0.3, 0.4) is 0 Å².